The molecule has 104 valence electrons. The summed E-state index contributed by atoms with van der Waals surface area (Å²) in [5.41, 5.74) is 2.27. The molecule has 0 aliphatic rings. The standard InChI is InChI=1S/C13H20N4O2/c1-13(2,3)17(4)9-11-14-7-10(8-15-11)5-6-12(18)16-19/h5-8,19H,9H2,1-4H3,(H,16,18)/b6-5+. The molecular weight excluding hydrogens is 244 g/mol. The fourth-order valence-electron chi connectivity index (χ4n) is 1.19. The molecule has 6 nitrogen and oxygen atoms in total. The fourth-order valence-corrected chi connectivity index (χ4v) is 1.19. The lowest BCUT2D eigenvalue weighted by Crippen LogP contribution is -2.37. The molecule has 0 fully saturated rings. The molecule has 0 radical (unpaired) electrons. The number of nitrogens with one attached hydrogen (secondary N) is 1. The van der Waals surface area contributed by atoms with E-state index in [0.717, 1.165) is 5.82 Å². The van der Waals surface area contributed by atoms with Crippen LogP contribution in [0.25, 0.3) is 6.08 Å². The molecule has 0 spiro atoms. The fraction of sp³-hybridized carbons (Fsp3) is 0.462. The minimum absolute atomic E-state index is 0.0567. The molecule has 0 unspecified atom stereocenters. The van der Waals surface area contributed by atoms with Crippen molar-refractivity contribution in [2.45, 2.75) is 32.9 Å². The molecule has 0 saturated carbocycles. The van der Waals surface area contributed by atoms with Gasteiger partial charge in [-0.25, -0.2) is 15.4 Å². The number of nitrogens with zero attached hydrogens (tertiary/aromatic N) is 3. The summed E-state index contributed by atoms with van der Waals surface area (Å²) in [6, 6.07) is 0. The van der Waals surface area contributed by atoms with Gasteiger partial charge in [-0.1, -0.05) is 0 Å². The Labute approximate surface area is 113 Å². The first-order valence-corrected chi connectivity index (χ1v) is 5.97. The summed E-state index contributed by atoms with van der Waals surface area (Å²) < 4.78 is 0. The first-order valence-electron chi connectivity index (χ1n) is 5.97. The van der Waals surface area contributed by atoms with Crippen molar-refractivity contribution in [1.29, 1.82) is 0 Å². The lowest BCUT2D eigenvalue weighted by atomic mass is 10.1. The van der Waals surface area contributed by atoms with Crippen LogP contribution >= 0.6 is 0 Å². The highest BCUT2D eigenvalue weighted by molar-refractivity contribution is 5.90. The molecule has 1 heterocycles. The van der Waals surface area contributed by atoms with E-state index in [9.17, 15) is 4.79 Å². The number of carbonyl (C=O) groups excluding carboxylic acids is 1. The topological polar surface area (TPSA) is 78.4 Å². The predicted molar refractivity (Wildman–Crippen MR) is 72.2 cm³/mol. The third kappa shape index (κ3) is 5.15. The maximum atomic E-state index is 10.8. The molecule has 19 heavy (non-hydrogen) atoms. The van der Waals surface area contributed by atoms with E-state index in [1.54, 1.807) is 12.4 Å². The van der Waals surface area contributed by atoms with Gasteiger partial charge in [0.05, 0.1) is 6.54 Å². The van der Waals surface area contributed by atoms with Gasteiger partial charge in [0.25, 0.3) is 5.91 Å². The Kier molecular flexibility index (Phi) is 5.14. The van der Waals surface area contributed by atoms with Crippen LogP contribution in [0, 0.1) is 0 Å². The van der Waals surface area contributed by atoms with Gasteiger partial charge in [0.1, 0.15) is 5.82 Å². The van der Waals surface area contributed by atoms with Crippen LogP contribution in [0.4, 0.5) is 0 Å². The van der Waals surface area contributed by atoms with Crippen LogP contribution in [0.3, 0.4) is 0 Å². The van der Waals surface area contributed by atoms with Crippen molar-refractivity contribution in [1.82, 2.24) is 20.3 Å². The smallest absolute Gasteiger partial charge is 0.267 e. The highest BCUT2D eigenvalue weighted by atomic mass is 16.5. The quantitative estimate of drug-likeness (QED) is 0.486. The van der Waals surface area contributed by atoms with E-state index in [1.807, 2.05) is 7.05 Å². The van der Waals surface area contributed by atoms with E-state index < -0.39 is 5.91 Å². The second-order valence-electron chi connectivity index (χ2n) is 5.27. The van der Waals surface area contributed by atoms with Crippen LogP contribution in [0.2, 0.25) is 0 Å². The van der Waals surface area contributed by atoms with Crippen molar-refractivity contribution in [3.63, 3.8) is 0 Å². The highest BCUT2D eigenvalue weighted by Crippen LogP contribution is 2.12. The first-order chi connectivity index (χ1) is 8.82. The number of aromatic nitrogens is 2. The summed E-state index contributed by atoms with van der Waals surface area (Å²) in [5, 5.41) is 8.34. The van der Waals surface area contributed by atoms with Gasteiger partial charge in [-0.2, -0.15) is 0 Å². The molecule has 6 heteroatoms. The average Bonchev–Trinajstić information content (AvgIpc) is 2.36. The molecule has 0 aliphatic heterocycles. The van der Waals surface area contributed by atoms with Gasteiger partial charge in [-0.3, -0.25) is 14.9 Å². The Balaban J connectivity index is 2.67. The molecule has 2 N–H and O–H groups in total. The van der Waals surface area contributed by atoms with E-state index in [4.69, 9.17) is 5.21 Å². The van der Waals surface area contributed by atoms with E-state index in [0.29, 0.717) is 12.1 Å². The molecular formula is C13H20N4O2. The Bertz CT molecular complexity index is 449. The minimum atomic E-state index is -0.587. The molecule has 0 aliphatic carbocycles. The van der Waals surface area contributed by atoms with E-state index >= 15 is 0 Å². The Morgan fingerprint density at radius 3 is 2.47 bits per heavy atom. The summed E-state index contributed by atoms with van der Waals surface area (Å²) in [6.07, 6.45) is 6.02. The van der Waals surface area contributed by atoms with Gasteiger partial charge in [-0.15, -0.1) is 0 Å². The summed E-state index contributed by atoms with van der Waals surface area (Å²) >= 11 is 0. The van der Waals surface area contributed by atoms with Crippen molar-refractivity contribution in [2.75, 3.05) is 7.05 Å². The van der Waals surface area contributed by atoms with Gasteiger partial charge >= 0.3 is 0 Å². The summed E-state index contributed by atoms with van der Waals surface area (Å²) in [5.74, 6) is 0.137. The molecule has 0 aromatic carbocycles. The monoisotopic (exact) mass is 264 g/mol. The normalized spacial score (nSPS) is 12.1. The molecule has 0 bridgehead atoms. The Hall–Kier alpha value is -1.79. The van der Waals surface area contributed by atoms with Crippen molar-refractivity contribution < 1.29 is 10.0 Å². The van der Waals surface area contributed by atoms with Gasteiger partial charge in [-0.05, 0) is 33.9 Å². The molecule has 1 aromatic rings. The molecule has 0 atom stereocenters. The van der Waals surface area contributed by atoms with E-state index in [2.05, 4.69) is 35.6 Å². The van der Waals surface area contributed by atoms with Crippen molar-refractivity contribution >= 4 is 12.0 Å². The molecule has 1 rings (SSSR count). The van der Waals surface area contributed by atoms with Crippen LogP contribution in [0.5, 0.6) is 0 Å². The third-order valence-corrected chi connectivity index (χ3v) is 2.79. The summed E-state index contributed by atoms with van der Waals surface area (Å²) in [4.78, 5) is 21.4. The number of rotatable bonds is 4. The summed E-state index contributed by atoms with van der Waals surface area (Å²) in [6.45, 7) is 7.03. The Morgan fingerprint density at radius 1 is 1.42 bits per heavy atom. The van der Waals surface area contributed by atoms with Crippen LogP contribution in [-0.2, 0) is 11.3 Å². The number of hydrogen-bond donors (Lipinski definition) is 2. The van der Waals surface area contributed by atoms with Gasteiger partial charge in [0.2, 0.25) is 0 Å². The van der Waals surface area contributed by atoms with Gasteiger partial charge in [0, 0.05) is 29.6 Å². The Morgan fingerprint density at radius 2 is 2.00 bits per heavy atom. The van der Waals surface area contributed by atoms with E-state index in [1.165, 1.54) is 17.6 Å². The SMILES string of the molecule is CN(Cc1ncc(/C=C/C(=O)NO)cn1)C(C)(C)C. The number of carbonyl (C=O) groups is 1. The average molecular weight is 264 g/mol. The molecule has 0 saturated heterocycles. The van der Waals surface area contributed by atoms with Crippen molar-refractivity contribution in [2.24, 2.45) is 0 Å². The second kappa shape index (κ2) is 6.40. The van der Waals surface area contributed by atoms with Gasteiger partial charge in [0.15, 0.2) is 0 Å². The van der Waals surface area contributed by atoms with Crippen LogP contribution in [-0.4, -0.2) is 38.6 Å². The van der Waals surface area contributed by atoms with Gasteiger partial charge < -0.3 is 0 Å². The summed E-state index contributed by atoms with van der Waals surface area (Å²) in [7, 11) is 2.02. The van der Waals surface area contributed by atoms with Crippen LogP contribution in [0.1, 0.15) is 32.2 Å². The maximum absolute atomic E-state index is 10.8. The molecule has 1 amide bonds. The second-order valence-corrected chi connectivity index (χ2v) is 5.27. The minimum Gasteiger partial charge on any atom is -0.294 e. The number of hydroxylamine groups is 1. The van der Waals surface area contributed by atoms with Crippen molar-refractivity contribution in [3.8, 4) is 0 Å². The maximum Gasteiger partial charge on any atom is 0.267 e. The molecule has 1 aromatic heterocycles. The van der Waals surface area contributed by atoms with Crippen LogP contribution in [0.15, 0.2) is 18.5 Å². The zero-order valence-corrected chi connectivity index (χ0v) is 11.7. The lowest BCUT2D eigenvalue weighted by molar-refractivity contribution is -0.124. The lowest BCUT2D eigenvalue weighted by Gasteiger charge is -2.31. The highest BCUT2D eigenvalue weighted by Gasteiger charge is 2.17. The number of amides is 1. The zero-order chi connectivity index (χ0) is 14.5. The zero-order valence-electron chi connectivity index (χ0n) is 11.7. The largest absolute Gasteiger partial charge is 0.294 e. The van der Waals surface area contributed by atoms with E-state index in [-0.39, 0.29) is 5.54 Å². The van der Waals surface area contributed by atoms with Crippen LogP contribution < -0.4 is 5.48 Å². The predicted octanol–water partition coefficient (Wildman–Crippen LogP) is 1.23. The first kappa shape index (κ1) is 15.3. The third-order valence-electron chi connectivity index (χ3n) is 2.79. The van der Waals surface area contributed by atoms with Crippen molar-refractivity contribution in [3.05, 3.63) is 29.9 Å². The number of hydrogen-bond acceptors (Lipinski definition) is 5.